The molecule has 94 valence electrons. The first-order valence-electron chi connectivity index (χ1n) is 6.70. The fourth-order valence-electron chi connectivity index (χ4n) is 2.75. The summed E-state index contributed by atoms with van der Waals surface area (Å²) in [6.45, 7) is 0. The highest BCUT2D eigenvalue weighted by Gasteiger charge is 2.22. The Kier molecular flexibility index (Phi) is 3.15. The number of fused-ring (bicyclic) bond motifs is 1. The summed E-state index contributed by atoms with van der Waals surface area (Å²) in [5.41, 5.74) is 6.18. The third kappa shape index (κ3) is 2.18. The molecule has 3 rings (SSSR count). The molecule has 2 unspecified atom stereocenters. The minimum Gasteiger partial charge on any atom is -0.365 e. The second-order valence-corrected chi connectivity index (χ2v) is 5.08. The Balaban J connectivity index is 1.90. The number of aromatic nitrogens is 1. The lowest BCUT2D eigenvalue weighted by molar-refractivity contribution is 0.403. The molecule has 1 aromatic carbocycles. The Labute approximate surface area is 107 Å². The largest absolute Gasteiger partial charge is 0.365 e. The maximum Gasteiger partial charge on any atom is 0.134 e. The lowest BCUT2D eigenvalue weighted by atomic mass is 9.91. The summed E-state index contributed by atoms with van der Waals surface area (Å²) in [4.78, 5) is 4.47. The van der Waals surface area contributed by atoms with E-state index in [1.165, 1.54) is 23.6 Å². The van der Waals surface area contributed by atoms with E-state index in [9.17, 15) is 0 Å². The summed E-state index contributed by atoms with van der Waals surface area (Å²) < 4.78 is 0. The maximum absolute atomic E-state index is 6.18. The van der Waals surface area contributed by atoms with Crippen LogP contribution in [-0.2, 0) is 0 Å². The summed E-state index contributed by atoms with van der Waals surface area (Å²) in [5, 5.41) is 5.94. The third-order valence-corrected chi connectivity index (χ3v) is 3.82. The molecule has 1 aromatic heterocycles. The Hall–Kier alpha value is -1.61. The van der Waals surface area contributed by atoms with Gasteiger partial charge in [0.1, 0.15) is 5.82 Å². The molecule has 1 aliphatic carbocycles. The average Bonchev–Trinajstić information content (AvgIpc) is 2.42. The molecule has 3 heteroatoms. The lowest BCUT2D eigenvalue weighted by Gasteiger charge is -2.30. The third-order valence-electron chi connectivity index (χ3n) is 3.82. The quantitative estimate of drug-likeness (QED) is 0.850. The summed E-state index contributed by atoms with van der Waals surface area (Å²) in [7, 11) is 0. The van der Waals surface area contributed by atoms with E-state index in [1.54, 1.807) is 0 Å². The number of pyridine rings is 1. The SMILES string of the molecule is NC1CCCCC1Nc1nccc2ccccc12. The van der Waals surface area contributed by atoms with Gasteiger partial charge in [0.15, 0.2) is 0 Å². The second kappa shape index (κ2) is 4.94. The average molecular weight is 241 g/mol. The number of nitrogens with two attached hydrogens (primary N) is 1. The van der Waals surface area contributed by atoms with E-state index in [0.717, 1.165) is 18.7 Å². The predicted molar refractivity (Wildman–Crippen MR) is 75.6 cm³/mol. The Morgan fingerprint density at radius 1 is 1.11 bits per heavy atom. The van der Waals surface area contributed by atoms with Crippen LogP contribution in [0.1, 0.15) is 25.7 Å². The van der Waals surface area contributed by atoms with Gasteiger partial charge in [-0.3, -0.25) is 0 Å². The maximum atomic E-state index is 6.18. The molecule has 18 heavy (non-hydrogen) atoms. The summed E-state index contributed by atoms with van der Waals surface area (Å²) in [5.74, 6) is 0.968. The van der Waals surface area contributed by atoms with E-state index in [-0.39, 0.29) is 6.04 Å². The van der Waals surface area contributed by atoms with Gasteiger partial charge in [0.25, 0.3) is 0 Å². The van der Waals surface area contributed by atoms with Crippen molar-refractivity contribution in [2.45, 2.75) is 37.8 Å². The molecule has 3 nitrogen and oxygen atoms in total. The van der Waals surface area contributed by atoms with Gasteiger partial charge in [-0.1, -0.05) is 37.1 Å². The number of hydrogen-bond donors (Lipinski definition) is 2. The smallest absolute Gasteiger partial charge is 0.134 e. The first-order valence-corrected chi connectivity index (χ1v) is 6.70. The zero-order valence-electron chi connectivity index (χ0n) is 10.5. The molecule has 0 spiro atoms. The van der Waals surface area contributed by atoms with Crippen LogP contribution in [0, 0.1) is 0 Å². The fraction of sp³-hybridized carbons (Fsp3) is 0.400. The monoisotopic (exact) mass is 241 g/mol. The van der Waals surface area contributed by atoms with Crippen LogP contribution in [-0.4, -0.2) is 17.1 Å². The predicted octanol–water partition coefficient (Wildman–Crippen LogP) is 2.92. The molecule has 3 N–H and O–H groups in total. The normalized spacial score (nSPS) is 24.1. The van der Waals surface area contributed by atoms with E-state index >= 15 is 0 Å². The van der Waals surface area contributed by atoms with E-state index in [4.69, 9.17) is 5.73 Å². The number of rotatable bonds is 2. The lowest BCUT2D eigenvalue weighted by Crippen LogP contribution is -2.42. The van der Waals surface area contributed by atoms with Crippen LogP contribution in [0.2, 0.25) is 0 Å². The van der Waals surface area contributed by atoms with Crippen molar-refractivity contribution in [3.8, 4) is 0 Å². The molecule has 1 saturated carbocycles. The van der Waals surface area contributed by atoms with Crippen molar-refractivity contribution < 1.29 is 0 Å². The van der Waals surface area contributed by atoms with Crippen molar-refractivity contribution in [3.05, 3.63) is 36.5 Å². The van der Waals surface area contributed by atoms with Crippen molar-refractivity contribution in [3.63, 3.8) is 0 Å². The molecule has 2 atom stereocenters. The highest BCUT2D eigenvalue weighted by atomic mass is 15.0. The van der Waals surface area contributed by atoms with Crippen LogP contribution in [0.25, 0.3) is 10.8 Å². The molecule has 0 bridgehead atoms. The van der Waals surface area contributed by atoms with Gasteiger partial charge in [-0.2, -0.15) is 0 Å². The molecule has 2 aromatic rings. The van der Waals surface area contributed by atoms with E-state index in [2.05, 4.69) is 34.6 Å². The van der Waals surface area contributed by atoms with Gasteiger partial charge in [-0.25, -0.2) is 4.98 Å². The summed E-state index contributed by atoms with van der Waals surface area (Å²) in [6.07, 6.45) is 6.63. The minimum atomic E-state index is 0.250. The minimum absolute atomic E-state index is 0.250. The molecule has 0 radical (unpaired) electrons. The number of hydrogen-bond acceptors (Lipinski definition) is 3. The standard InChI is InChI=1S/C15H19N3/c16-13-7-3-4-8-14(13)18-15-12-6-2-1-5-11(12)9-10-17-15/h1-2,5-6,9-10,13-14H,3-4,7-8,16H2,(H,17,18). The van der Waals surface area contributed by atoms with Crippen molar-refractivity contribution in [2.75, 3.05) is 5.32 Å². The van der Waals surface area contributed by atoms with Gasteiger partial charge in [-0.15, -0.1) is 0 Å². The van der Waals surface area contributed by atoms with E-state index in [1.807, 2.05) is 12.3 Å². The number of nitrogens with zero attached hydrogens (tertiary/aromatic N) is 1. The molecule has 0 amide bonds. The van der Waals surface area contributed by atoms with Crippen molar-refractivity contribution in [1.29, 1.82) is 0 Å². The van der Waals surface area contributed by atoms with Crippen LogP contribution in [0.3, 0.4) is 0 Å². The summed E-state index contributed by atoms with van der Waals surface area (Å²) in [6, 6.07) is 11.0. The zero-order chi connectivity index (χ0) is 12.4. The summed E-state index contributed by atoms with van der Waals surface area (Å²) >= 11 is 0. The highest BCUT2D eigenvalue weighted by molar-refractivity contribution is 5.91. The molecule has 1 fully saturated rings. The van der Waals surface area contributed by atoms with Gasteiger partial charge in [0, 0.05) is 23.7 Å². The van der Waals surface area contributed by atoms with Crippen molar-refractivity contribution in [2.24, 2.45) is 5.73 Å². The van der Waals surface area contributed by atoms with E-state index < -0.39 is 0 Å². The van der Waals surface area contributed by atoms with Crippen LogP contribution >= 0.6 is 0 Å². The van der Waals surface area contributed by atoms with Crippen LogP contribution in [0.4, 0.5) is 5.82 Å². The topological polar surface area (TPSA) is 50.9 Å². The molecule has 0 aliphatic heterocycles. The van der Waals surface area contributed by atoms with Gasteiger partial charge in [-0.05, 0) is 24.3 Å². The number of benzene rings is 1. The first kappa shape index (κ1) is 11.5. The van der Waals surface area contributed by atoms with E-state index in [0.29, 0.717) is 6.04 Å². The van der Waals surface area contributed by atoms with Gasteiger partial charge in [0.2, 0.25) is 0 Å². The Morgan fingerprint density at radius 3 is 2.83 bits per heavy atom. The number of anilines is 1. The van der Waals surface area contributed by atoms with Crippen LogP contribution in [0.15, 0.2) is 36.5 Å². The second-order valence-electron chi connectivity index (χ2n) is 5.08. The molecular formula is C15H19N3. The van der Waals surface area contributed by atoms with Crippen molar-refractivity contribution >= 4 is 16.6 Å². The zero-order valence-corrected chi connectivity index (χ0v) is 10.5. The molecule has 1 heterocycles. The van der Waals surface area contributed by atoms with Gasteiger partial charge >= 0.3 is 0 Å². The molecule has 0 saturated heterocycles. The molecular weight excluding hydrogens is 222 g/mol. The Bertz CT molecular complexity index is 533. The van der Waals surface area contributed by atoms with Gasteiger partial charge < -0.3 is 11.1 Å². The molecule has 1 aliphatic rings. The van der Waals surface area contributed by atoms with Gasteiger partial charge in [0.05, 0.1) is 0 Å². The fourth-order valence-corrected chi connectivity index (χ4v) is 2.75. The van der Waals surface area contributed by atoms with Crippen molar-refractivity contribution in [1.82, 2.24) is 4.98 Å². The van der Waals surface area contributed by atoms with Crippen LogP contribution < -0.4 is 11.1 Å². The number of nitrogens with one attached hydrogen (secondary N) is 1. The Morgan fingerprint density at radius 2 is 1.94 bits per heavy atom. The van der Waals surface area contributed by atoms with Crippen LogP contribution in [0.5, 0.6) is 0 Å². The first-order chi connectivity index (χ1) is 8.84. The highest BCUT2D eigenvalue weighted by Crippen LogP contribution is 2.25.